The van der Waals surface area contributed by atoms with Crippen LogP contribution in [0.5, 0.6) is 0 Å². The largest absolute Gasteiger partial charge is 0.416 e. The van der Waals surface area contributed by atoms with Gasteiger partial charge in [-0.3, -0.25) is 0 Å². The standard InChI is InChI=1S/C15H12ClF4N/c16-8-10-1-3-11(4-2-10)9-21-14-6-5-12(7-13(14)17)15(18,19)20/h1-7,21H,8-9H2. The summed E-state index contributed by atoms with van der Waals surface area (Å²) in [4.78, 5) is 0. The number of hydrogen-bond acceptors (Lipinski definition) is 1. The van der Waals surface area contributed by atoms with Gasteiger partial charge in [-0.2, -0.15) is 13.2 Å². The quantitative estimate of drug-likeness (QED) is 0.604. The molecule has 0 atom stereocenters. The zero-order chi connectivity index (χ0) is 15.5. The van der Waals surface area contributed by atoms with Crippen LogP contribution in [0.1, 0.15) is 16.7 Å². The Labute approximate surface area is 124 Å². The molecule has 0 aromatic heterocycles. The van der Waals surface area contributed by atoms with Gasteiger partial charge in [-0.25, -0.2) is 4.39 Å². The molecule has 2 rings (SSSR count). The van der Waals surface area contributed by atoms with Crippen LogP contribution in [0.3, 0.4) is 0 Å². The third kappa shape index (κ3) is 4.11. The molecule has 0 radical (unpaired) electrons. The average molecular weight is 318 g/mol. The van der Waals surface area contributed by atoms with Crippen molar-refractivity contribution in [2.24, 2.45) is 0 Å². The molecule has 0 amide bonds. The Morgan fingerprint density at radius 3 is 2.10 bits per heavy atom. The molecule has 112 valence electrons. The van der Waals surface area contributed by atoms with E-state index >= 15 is 0 Å². The Morgan fingerprint density at radius 1 is 0.952 bits per heavy atom. The Morgan fingerprint density at radius 2 is 1.57 bits per heavy atom. The molecule has 0 saturated heterocycles. The minimum Gasteiger partial charge on any atom is -0.379 e. The van der Waals surface area contributed by atoms with Gasteiger partial charge >= 0.3 is 6.18 Å². The van der Waals surface area contributed by atoms with Gasteiger partial charge in [0.2, 0.25) is 0 Å². The number of anilines is 1. The van der Waals surface area contributed by atoms with E-state index in [-0.39, 0.29) is 5.69 Å². The molecule has 1 nitrogen and oxygen atoms in total. The van der Waals surface area contributed by atoms with Crippen LogP contribution in [0.25, 0.3) is 0 Å². The number of benzene rings is 2. The van der Waals surface area contributed by atoms with Crippen LogP contribution in [0.4, 0.5) is 23.2 Å². The highest BCUT2D eigenvalue weighted by atomic mass is 35.5. The first-order chi connectivity index (χ1) is 9.90. The zero-order valence-corrected chi connectivity index (χ0v) is 11.6. The summed E-state index contributed by atoms with van der Waals surface area (Å²) in [6, 6.07) is 9.76. The fourth-order valence-corrected chi connectivity index (χ4v) is 1.96. The van der Waals surface area contributed by atoms with Crippen molar-refractivity contribution >= 4 is 17.3 Å². The molecule has 1 N–H and O–H groups in total. The number of alkyl halides is 4. The second-order valence-electron chi connectivity index (χ2n) is 4.50. The highest BCUT2D eigenvalue weighted by molar-refractivity contribution is 6.17. The first-order valence-corrected chi connectivity index (χ1v) is 6.68. The van der Waals surface area contributed by atoms with Crippen LogP contribution in [0, 0.1) is 5.82 Å². The summed E-state index contributed by atoms with van der Waals surface area (Å²) >= 11 is 5.67. The average Bonchev–Trinajstić information content (AvgIpc) is 2.45. The van der Waals surface area contributed by atoms with E-state index in [2.05, 4.69) is 5.32 Å². The van der Waals surface area contributed by atoms with Crippen LogP contribution >= 0.6 is 11.6 Å². The molecule has 0 bridgehead atoms. The normalized spacial score (nSPS) is 11.5. The van der Waals surface area contributed by atoms with Crippen molar-refractivity contribution in [3.8, 4) is 0 Å². The fourth-order valence-electron chi connectivity index (χ4n) is 1.78. The third-order valence-corrected chi connectivity index (χ3v) is 3.27. The molecule has 0 heterocycles. The lowest BCUT2D eigenvalue weighted by Gasteiger charge is -2.11. The fraction of sp³-hybridized carbons (Fsp3) is 0.200. The van der Waals surface area contributed by atoms with E-state index in [0.29, 0.717) is 18.5 Å². The third-order valence-electron chi connectivity index (χ3n) is 2.96. The van der Waals surface area contributed by atoms with E-state index in [1.54, 1.807) is 0 Å². The van der Waals surface area contributed by atoms with Gasteiger partial charge in [0, 0.05) is 12.4 Å². The van der Waals surface area contributed by atoms with Gasteiger partial charge in [0.1, 0.15) is 5.82 Å². The molecule has 0 aliphatic carbocycles. The van der Waals surface area contributed by atoms with Crippen LogP contribution < -0.4 is 5.32 Å². The zero-order valence-electron chi connectivity index (χ0n) is 10.8. The maximum atomic E-state index is 13.6. The van der Waals surface area contributed by atoms with Crippen LogP contribution in [-0.2, 0) is 18.6 Å². The van der Waals surface area contributed by atoms with Crippen LogP contribution in [-0.4, -0.2) is 0 Å². The molecule has 2 aromatic rings. The van der Waals surface area contributed by atoms with Crippen molar-refractivity contribution in [3.05, 3.63) is 65.0 Å². The number of hydrogen-bond donors (Lipinski definition) is 1. The van der Waals surface area contributed by atoms with Gasteiger partial charge in [0.05, 0.1) is 11.3 Å². The summed E-state index contributed by atoms with van der Waals surface area (Å²) in [5.74, 6) is -0.525. The molecule has 2 aromatic carbocycles. The maximum Gasteiger partial charge on any atom is 0.416 e. The van der Waals surface area contributed by atoms with E-state index in [1.165, 1.54) is 0 Å². The predicted octanol–water partition coefficient (Wildman–Crippen LogP) is 5.20. The van der Waals surface area contributed by atoms with E-state index in [9.17, 15) is 17.6 Å². The minimum absolute atomic E-state index is 0.0319. The molecule has 0 aliphatic heterocycles. The molecule has 0 aliphatic rings. The topological polar surface area (TPSA) is 12.0 Å². The van der Waals surface area contributed by atoms with Gasteiger partial charge < -0.3 is 5.32 Å². The maximum absolute atomic E-state index is 13.6. The highest BCUT2D eigenvalue weighted by Gasteiger charge is 2.31. The van der Waals surface area contributed by atoms with Crippen LogP contribution in [0.2, 0.25) is 0 Å². The summed E-state index contributed by atoms with van der Waals surface area (Å²) in [5, 5.41) is 2.77. The second kappa shape index (κ2) is 6.35. The summed E-state index contributed by atoms with van der Waals surface area (Å²) < 4.78 is 50.9. The van der Waals surface area contributed by atoms with Crippen molar-refractivity contribution in [1.29, 1.82) is 0 Å². The second-order valence-corrected chi connectivity index (χ2v) is 4.76. The summed E-state index contributed by atoms with van der Waals surface area (Å²) in [5.41, 5.74) is 0.866. The van der Waals surface area contributed by atoms with E-state index < -0.39 is 17.6 Å². The molecule has 0 saturated carbocycles. The molecule has 21 heavy (non-hydrogen) atoms. The van der Waals surface area contributed by atoms with Crippen molar-refractivity contribution in [1.82, 2.24) is 0 Å². The Balaban J connectivity index is 2.06. The first kappa shape index (κ1) is 15.6. The summed E-state index contributed by atoms with van der Waals surface area (Å²) in [7, 11) is 0. The van der Waals surface area contributed by atoms with E-state index in [1.807, 2.05) is 24.3 Å². The Hall–Kier alpha value is -1.75. The lowest BCUT2D eigenvalue weighted by atomic mass is 10.1. The van der Waals surface area contributed by atoms with Gasteiger partial charge in [-0.1, -0.05) is 24.3 Å². The van der Waals surface area contributed by atoms with E-state index in [0.717, 1.165) is 23.3 Å². The Kier molecular flexibility index (Phi) is 4.73. The van der Waals surface area contributed by atoms with Gasteiger partial charge in [0.25, 0.3) is 0 Å². The van der Waals surface area contributed by atoms with Crippen molar-refractivity contribution in [3.63, 3.8) is 0 Å². The molecule has 6 heteroatoms. The molecule has 0 unspecified atom stereocenters. The first-order valence-electron chi connectivity index (χ1n) is 6.14. The number of nitrogens with one attached hydrogen (secondary N) is 1. The van der Waals surface area contributed by atoms with Gasteiger partial charge in [0.15, 0.2) is 0 Å². The molecular formula is C15H12ClF4N. The van der Waals surface area contributed by atoms with Gasteiger partial charge in [-0.05, 0) is 29.3 Å². The minimum atomic E-state index is -4.54. The molecule has 0 fully saturated rings. The van der Waals surface area contributed by atoms with Crippen molar-refractivity contribution in [2.75, 3.05) is 5.32 Å². The lowest BCUT2D eigenvalue weighted by molar-refractivity contribution is -0.137. The summed E-state index contributed by atoms with van der Waals surface area (Å²) in [6.07, 6.45) is -4.54. The monoisotopic (exact) mass is 317 g/mol. The predicted molar refractivity (Wildman–Crippen MR) is 74.7 cm³/mol. The number of rotatable bonds is 4. The van der Waals surface area contributed by atoms with E-state index in [4.69, 9.17) is 11.6 Å². The van der Waals surface area contributed by atoms with Crippen molar-refractivity contribution < 1.29 is 17.6 Å². The highest BCUT2D eigenvalue weighted by Crippen LogP contribution is 2.31. The summed E-state index contributed by atoms with van der Waals surface area (Å²) in [6.45, 7) is 0.310. The number of halogens is 5. The SMILES string of the molecule is Fc1cc(C(F)(F)F)ccc1NCc1ccc(CCl)cc1. The Bertz CT molecular complexity index is 608. The molecule has 0 spiro atoms. The van der Waals surface area contributed by atoms with Gasteiger partial charge in [-0.15, -0.1) is 11.6 Å². The van der Waals surface area contributed by atoms with Crippen LogP contribution in [0.15, 0.2) is 42.5 Å². The van der Waals surface area contributed by atoms with Crippen molar-refractivity contribution in [2.45, 2.75) is 18.6 Å². The smallest absolute Gasteiger partial charge is 0.379 e. The molecular weight excluding hydrogens is 306 g/mol. The lowest BCUT2D eigenvalue weighted by Crippen LogP contribution is -2.07.